The molecule has 0 aliphatic carbocycles. The molecule has 0 spiro atoms. The van der Waals surface area contributed by atoms with Crippen LogP contribution in [0.4, 0.5) is 0 Å². The molecule has 100 valence electrons. The van der Waals surface area contributed by atoms with Gasteiger partial charge in [0.2, 0.25) is 5.91 Å². The van der Waals surface area contributed by atoms with Gasteiger partial charge < -0.3 is 9.88 Å². The van der Waals surface area contributed by atoms with Gasteiger partial charge in [0.1, 0.15) is 5.82 Å². The number of fused-ring (bicyclic) bond motifs is 1. The minimum absolute atomic E-state index is 0.0904. The summed E-state index contributed by atoms with van der Waals surface area (Å²) in [5.41, 5.74) is 3.17. The molecule has 19 heavy (non-hydrogen) atoms. The van der Waals surface area contributed by atoms with Gasteiger partial charge in [0.15, 0.2) is 0 Å². The maximum Gasteiger partial charge on any atom is 0.222 e. The van der Waals surface area contributed by atoms with E-state index in [1.807, 2.05) is 32.0 Å². The number of carbonyl (C=O) groups excluding carboxylic acids is 1. The summed E-state index contributed by atoms with van der Waals surface area (Å²) in [5, 5.41) is 2.69. The lowest BCUT2D eigenvalue weighted by Crippen LogP contribution is -2.17. The first-order valence-electron chi connectivity index (χ1n) is 6.46. The molecule has 1 amide bonds. The third-order valence-corrected chi connectivity index (χ3v) is 3.82. The van der Waals surface area contributed by atoms with Crippen molar-refractivity contribution in [1.29, 1.82) is 0 Å². The van der Waals surface area contributed by atoms with Gasteiger partial charge in [-0.3, -0.25) is 4.79 Å². The average molecular weight is 278 g/mol. The Morgan fingerprint density at radius 1 is 1.53 bits per heavy atom. The number of alkyl halides is 1. The summed E-state index contributed by atoms with van der Waals surface area (Å²) in [5.74, 6) is 0.931. The molecule has 1 aliphatic heterocycles. The fourth-order valence-electron chi connectivity index (χ4n) is 2.71. The second kappa shape index (κ2) is 4.53. The number of benzene rings is 1. The standard InChI is InChI=1S/C14H16ClN3O/c1-8-4-3-5-11-13(8)17-14(9(2)15)18(11)10-6-12(19)16-7-10/h3-5,9-10H,6-7H2,1-2H3,(H,16,19). The van der Waals surface area contributed by atoms with Crippen LogP contribution >= 0.6 is 11.6 Å². The molecule has 3 rings (SSSR count). The van der Waals surface area contributed by atoms with Crippen LogP contribution in [0.5, 0.6) is 0 Å². The predicted octanol–water partition coefficient (Wildman–Crippen LogP) is 2.71. The highest BCUT2D eigenvalue weighted by atomic mass is 35.5. The molecular weight excluding hydrogens is 262 g/mol. The Labute approximate surface area is 116 Å². The van der Waals surface area contributed by atoms with Crippen molar-refractivity contribution in [1.82, 2.24) is 14.9 Å². The highest BCUT2D eigenvalue weighted by Crippen LogP contribution is 2.31. The molecule has 1 aromatic carbocycles. The van der Waals surface area contributed by atoms with Gasteiger partial charge in [0.25, 0.3) is 0 Å². The number of hydrogen-bond acceptors (Lipinski definition) is 2. The van der Waals surface area contributed by atoms with Crippen molar-refractivity contribution in [2.24, 2.45) is 0 Å². The van der Waals surface area contributed by atoms with Crippen LogP contribution in [0.1, 0.15) is 36.2 Å². The highest BCUT2D eigenvalue weighted by Gasteiger charge is 2.28. The number of aryl methyl sites for hydroxylation is 1. The van der Waals surface area contributed by atoms with Crippen molar-refractivity contribution in [3.8, 4) is 0 Å². The molecule has 2 atom stereocenters. The Morgan fingerprint density at radius 2 is 2.32 bits per heavy atom. The fraction of sp³-hybridized carbons (Fsp3) is 0.429. The van der Waals surface area contributed by atoms with Crippen LogP contribution in [0.25, 0.3) is 11.0 Å². The zero-order chi connectivity index (χ0) is 13.6. The van der Waals surface area contributed by atoms with Crippen LogP contribution < -0.4 is 5.32 Å². The van der Waals surface area contributed by atoms with Gasteiger partial charge in [-0.25, -0.2) is 4.98 Å². The lowest BCUT2D eigenvalue weighted by Gasteiger charge is -2.16. The highest BCUT2D eigenvalue weighted by molar-refractivity contribution is 6.20. The second-order valence-electron chi connectivity index (χ2n) is 5.06. The summed E-state index contributed by atoms with van der Waals surface area (Å²) in [4.78, 5) is 16.1. The maximum absolute atomic E-state index is 11.5. The molecule has 1 N–H and O–H groups in total. The molecule has 5 heteroatoms. The summed E-state index contributed by atoms with van der Waals surface area (Å²) >= 11 is 6.26. The molecule has 0 radical (unpaired) electrons. The van der Waals surface area contributed by atoms with Gasteiger partial charge in [0, 0.05) is 13.0 Å². The second-order valence-corrected chi connectivity index (χ2v) is 5.72. The first kappa shape index (κ1) is 12.5. The van der Waals surface area contributed by atoms with E-state index in [-0.39, 0.29) is 17.3 Å². The first-order chi connectivity index (χ1) is 9.08. The third-order valence-electron chi connectivity index (χ3n) is 3.63. The van der Waals surface area contributed by atoms with Crippen molar-refractivity contribution in [3.63, 3.8) is 0 Å². The number of carbonyl (C=O) groups is 1. The van der Waals surface area contributed by atoms with E-state index >= 15 is 0 Å². The van der Waals surface area contributed by atoms with Crippen LogP contribution in [0.15, 0.2) is 18.2 Å². The average Bonchev–Trinajstić information content (AvgIpc) is 2.93. The molecule has 2 unspecified atom stereocenters. The van der Waals surface area contributed by atoms with Crippen molar-refractivity contribution in [2.75, 3.05) is 6.54 Å². The molecule has 1 saturated heterocycles. The number of imidazole rings is 1. The van der Waals surface area contributed by atoms with Gasteiger partial charge in [-0.05, 0) is 25.5 Å². The largest absolute Gasteiger partial charge is 0.354 e. The normalized spacial score (nSPS) is 20.8. The fourth-order valence-corrected chi connectivity index (χ4v) is 2.87. The Bertz CT molecular complexity index is 647. The lowest BCUT2D eigenvalue weighted by atomic mass is 10.2. The third kappa shape index (κ3) is 2.00. The van der Waals surface area contributed by atoms with Crippen LogP contribution in [0.2, 0.25) is 0 Å². The zero-order valence-electron chi connectivity index (χ0n) is 11.0. The zero-order valence-corrected chi connectivity index (χ0v) is 11.7. The molecule has 1 aromatic heterocycles. The number of nitrogens with zero attached hydrogens (tertiary/aromatic N) is 2. The molecule has 1 fully saturated rings. The van der Waals surface area contributed by atoms with Crippen molar-refractivity contribution in [2.45, 2.75) is 31.7 Å². The van der Waals surface area contributed by atoms with Gasteiger partial charge >= 0.3 is 0 Å². The number of para-hydroxylation sites is 1. The molecule has 0 saturated carbocycles. The number of nitrogens with one attached hydrogen (secondary N) is 1. The quantitative estimate of drug-likeness (QED) is 0.858. The topological polar surface area (TPSA) is 46.9 Å². The maximum atomic E-state index is 11.5. The Hall–Kier alpha value is -1.55. The number of halogens is 1. The van der Waals surface area contributed by atoms with Gasteiger partial charge in [-0.1, -0.05) is 12.1 Å². The monoisotopic (exact) mass is 277 g/mol. The van der Waals surface area contributed by atoms with Gasteiger partial charge in [-0.2, -0.15) is 0 Å². The van der Waals surface area contributed by atoms with E-state index in [9.17, 15) is 4.79 Å². The molecule has 1 aliphatic rings. The summed E-state index contributed by atoms with van der Waals surface area (Å²) in [6.07, 6.45) is 0.496. The van der Waals surface area contributed by atoms with Crippen molar-refractivity contribution in [3.05, 3.63) is 29.6 Å². The van der Waals surface area contributed by atoms with E-state index in [1.54, 1.807) is 0 Å². The first-order valence-corrected chi connectivity index (χ1v) is 6.90. The Balaban J connectivity index is 2.22. The number of rotatable bonds is 2. The lowest BCUT2D eigenvalue weighted by molar-refractivity contribution is -0.119. The number of aromatic nitrogens is 2. The summed E-state index contributed by atoms with van der Waals surface area (Å²) in [7, 11) is 0. The minimum atomic E-state index is -0.178. The van der Waals surface area contributed by atoms with E-state index < -0.39 is 0 Å². The SMILES string of the molecule is Cc1cccc2c1nc(C(C)Cl)n2C1CNC(=O)C1. The van der Waals surface area contributed by atoms with Gasteiger partial charge in [0.05, 0.1) is 22.5 Å². The van der Waals surface area contributed by atoms with Crippen molar-refractivity contribution < 1.29 is 4.79 Å². The van der Waals surface area contributed by atoms with Gasteiger partial charge in [-0.15, -0.1) is 11.6 Å². The molecule has 2 heterocycles. The summed E-state index contributed by atoms with van der Waals surface area (Å²) < 4.78 is 2.12. The van der Waals surface area contributed by atoms with E-state index in [4.69, 9.17) is 11.6 Å². The van der Waals surface area contributed by atoms with Crippen LogP contribution in [-0.2, 0) is 4.79 Å². The smallest absolute Gasteiger partial charge is 0.222 e. The summed E-state index contributed by atoms with van der Waals surface area (Å²) in [6.45, 7) is 4.61. The molecule has 2 aromatic rings. The Kier molecular flexibility index (Phi) is 2.97. The van der Waals surface area contributed by atoms with Crippen LogP contribution in [-0.4, -0.2) is 22.0 Å². The van der Waals surface area contributed by atoms with Crippen molar-refractivity contribution >= 4 is 28.5 Å². The Morgan fingerprint density at radius 3 is 2.95 bits per heavy atom. The van der Waals surface area contributed by atoms with E-state index in [1.165, 1.54) is 0 Å². The van der Waals surface area contributed by atoms with E-state index in [2.05, 4.69) is 14.9 Å². The minimum Gasteiger partial charge on any atom is -0.354 e. The van der Waals surface area contributed by atoms with Crippen LogP contribution in [0, 0.1) is 6.92 Å². The predicted molar refractivity (Wildman–Crippen MR) is 75.4 cm³/mol. The number of amides is 1. The molecule has 4 nitrogen and oxygen atoms in total. The van der Waals surface area contributed by atoms with E-state index in [0.717, 1.165) is 22.4 Å². The van der Waals surface area contributed by atoms with Crippen LogP contribution in [0.3, 0.4) is 0 Å². The summed E-state index contributed by atoms with van der Waals surface area (Å²) in [6, 6.07) is 6.21. The molecular formula is C14H16ClN3O. The molecule has 0 bridgehead atoms. The number of hydrogen-bond donors (Lipinski definition) is 1. The van der Waals surface area contributed by atoms with E-state index in [0.29, 0.717) is 13.0 Å².